The Morgan fingerprint density at radius 3 is 2.71 bits per heavy atom. The monoisotopic (exact) mass is 231 g/mol. The largest absolute Gasteiger partial charge is 0.496 e. The van der Waals surface area contributed by atoms with Crippen LogP contribution in [-0.2, 0) is 0 Å². The Morgan fingerprint density at radius 2 is 2.24 bits per heavy atom. The molecule has 1 aromatic rings. The van der Waals surface area contributed by atoms with Gasteiger partial charge in [0.1, 0.15) is 5.75 Å². The summed E-state index contributed by atoms with van der Waals surface area (Å²) in [5.74, 6) is 3.16. The van der Waals surface area contributed by atoms with Crippen molar-refractivity contribution in [1.82, 2.24) is 0 Å². The zero-order valence-electron chi connectivity index (χ0n) is 10.5. The van der Waals surface area contributed by atoms with Gasteiger partial charge in [0.05, 0.1) is 24.9 Å². The normalized spacial score (nSPS) is 9.53. The summed E-state index contributed by atoms with van der Waals surface area (Å²) in [6.45, 7) is 4.76. The zero-order valence-corrected chi connectivity index (χ0v) is 10.5. The molecule has 0 aliphatic rings. The maximum atomic E-state index is 11.7. The SMILES string of the molecule is C#CCN(CC)c1cccc(OC)c1C(C)=O. The van der Waals surface area contributed by atoms with E-state index < -0.39 is 0 Å². The van der Waals surface area contributed by atoms with Crippen LogP contribution in [0.5, 0.6) is 5.75 Å². The van der Waals surface area contributed by atoms with Gasteiger partial charge in [-0.15, -0.1) is 6.42 Å². The second-order valence-corrected chi connectivity index (χ2v) is 3.63. The summed E-state index contributed by atoms with van der Waals surface area (Å²) in [6, 6.07) is 5.53. The number of rotatable bonds is 5. The minimum atomic E-state index is -0.0204. The third-order valence-corrected chi connectivity index (χ3v) is 2.58. The molecule has 3 nitrogen and oxygen atoms in total. The summed E-state index contributed by atoms with van der Waals surface area (Å²) >= 11 is 0. The van der Waals surface area contributed by atoms with E-state index in [1.54, 1.807) is 13.2 Å². The molecule has 0 heterocycles. The first-order chi connectivity index (χ1) is 8.15. The van der Waals surface area contributed by atoms with Crippen molar-refractivity contribution in [2.24, 2.45) is 0 Å². The smallest absolute Gasteiger partial charge is 0.165 e. The molecule has 0 atom stereocenters. The Hall–Kier alpha value is -1.95. The van der Waals surface area contributed by atoms with E-state index in [-0.39, 0.29) is 5.78 Å². The number of hydrogen-bond donors (Lipinski definition) is 0. The number of nitrogens with zero attached hydrogens (tertiary/aromatic N) is 1. The molecule has 1 aromatic carbocycles. The number of Topliss-reactive ketones (excluding diaryl/α,β-unsaturated/α-hetero) is 1. The van der Waals surface area contributed by atoms with Crippen molar-refractivity contribution in [1.29, 1.82) is 0 Å². The molecule has 3 heteroatoms. The number of ketones is 1. The molecule has 0 saturated heterocycles. The molecule has 0 fully saturated rings. The molecule has 0 aliphatic heterocycles. The van der Waals surface area contributed by atoms with E-state index in [0.29, 0.717) is 17.9 Å². The van der Waals surface area contributed by atoms with Crippen LogP contribution in [0, 0.1) is 12.3 Å². The average Bonchev–Trinajstić information content (AvgIpc) is 2.34. The number of terminal acetylenes is 1. The van der Waals surface area contributed by atoms with Crippen molar-refractivity contribution in [2.45, 2.75) is 13.8 Å². The van der Waals surface area contributed by atoms with Gasteiger partial charge in [0.25, 0.3) is 0 Å². The van der Waals surface area contributed by atoms with Gasteiger partial charge in [-0.05, 0) is 26.0 Å². The lowest BCUT2D eigenvalue weighted by Gasteiger charge is -2.23. The first-order valence-corrected chi connectivity index (χ1v) is 5.52. The van der Waals surface area contributed by atoms with Gasteiger partial charge in [0.2, 0.25) is 0 Å². The Labute approximate surface area is 102 Å². The molecule has 17 heavy (non-hydrogen) atoms. The fraction of sp³-hybridized carbons (Fsp3) is 0.357. The molecule has 0 bridgehead atoms. The van der Waals surface area contributed by atoms with E-state index in [0.717, 1.165) is 12.2 Å². The predicted molar refractivity (Wildman–Crippen MR) is 69.7 cm³/mol. The lowest BCUT2D eigenvalue weighted by molar-refractivity contribution is 0.101. The van der Waals surface area contributed by atoms with Crippen molar-refractivity contribution in [2.75, 3.05) is 25.1 Å². The zero-order chi connectivity index (χ0) is 12.8. The highest BCUT2D eigenvalue weighted by atomic mass is 16.5. The van der Waals surface area contributed by atoms with Crippen molar-refractivity contribution in [3.8, 4) is 18.1 Å². The van der Waals surface area contributed by atoms with Gasteiger partial charge in [0, 0.05) is 6.54 Å². The van der Waals surface area contributed by atoms with Crippen LogP contribution in [0.25, 0.3) is 0 Å². The highest BCUT2D eigenvalue weighted by molar-refractivity contribution is 6.02. The molecule has 0 aromatic heterocycles. The van der Waals surface area contributed by atoms with Crippen LogP contribution in [0.3, 0.4) is 0 Å². The Bertz CT molecular complexity index is 446. The summed E-state index contributed by atoms with van der Waals surface area (Å²) in [5, 5.41) is 0. The van der Waals surface area contributed by atoms with Gasteiger partial charge < -0.3 is 9.64 Å². The fourth-order valence-corrected chi connectivity index (χ4v) is 1.78. The van der Waals surface area contributed by atoms with Gasteiger partial charge in [0.15, 0.2) is 5.78 Å². The molecule has 90 valence electrons. The van der Waals surface area contributed by atoms with Gasteiger partial charge in [-0.3, -0.25) is 4.79 Å². The Kier molecular flexibility index (Phi) is 4.59. The van der Waals surface area contributed by atoms with E-state index in [1.807, 2.05) is 24.0 Å². The summed E-state index contributed by atoms with van der Waals surface area (Å²) < 4.78 is 5.22. The minimum absolute atomic E-state index is 0.0204. The quantitative estimate of drug-likeness (QED) is 0.575. The Morgan fingerprint density at radius 1 is 1.53 bits per heavy atom. The minimum Gasteiger partial charge on any atom is -0.496 e. The standard InChI is InChI=1S/C14H17NO2/c1-5-10-15(6-2)12-8-7-9-13(17-4)14(12)11(3)16/h1,7-9H,6,10H2,2-4H3. The molecule has 0 unspecified atom stereocenters. The predicted octanol–water partition coefficient (Wildman–Crippen LogP) is 2.36. The maximum absolute atomic E-state index is 11.7. The number of benzene rings is 1. The number of carbonyl (C=O) groups is 1. The lowest BCUT2D eigenvalue weighted by Crippen LogP contribution is -2.25. The second-order valence-electron chi connectivity index (χ2n) is 3.63. The number of methoxy groups -OCH3 is 1. The average molecular weight is 231 g/mol. The molecule has 0 aliphatic carbocycles. The highest BCUT2D eigenvalue weighted by Gasteiger charge is 2.16. The summed E-state index contributed by atoms with van der Waals surface area (Å²) in [7, 11) is 1.56. The van der Waals surface area contributed by atoms with Crippen LogP contribution in [0.4, 0.5) is 5.69 Å². The third kappa shape index (κ3) is 2.79. The Balaban J connectivity index is 3.31. The number of carbonyl (C=O) groups excluding carboxylic acids is 1. The first kappa shape index (κ1) is 13.1. The van der Waals surface area contributed by atoms with Crippen molar-refractivity contribution in [3.63, 3.8) is 0 Å². The number of anilines is 1. The second kappa shape index (κ2) is 5.95. The van der Waals surface area contributed by atoms with Gasteiger partial charge in [-0.25, -0.2) is 0 Å². The summed E-state index contributed by atoms with van der Waals surface area (Å²) in [6.07, 6.45) is 5.33. The number of ether oxygens (including phenoxy) is 1. The maximum Gasteiger partial charge on any atom is 0.165 e. The van der Waals surface area contributed by atoms with E-state index >= 15 is 0 Å². The van der Waals surface area contributed by atoms with Crippen LogP contribution < -0.4 is 9.64 Å². The van der Waals surface area contributed by atoms with E-state index in [2.05, 4.69) is 5.92 Å². The molecule has 0 saturated carbocycles. The van der Waals surface area contributed by atoms with Gasteiger partial charge in [-0.1, -0.05) is 12.0 Å². The third-order valence-electron chi connectivity index (χ3n) is 2.58. The molecule has 0 spiro atoms. The molecular weight excluding hydrogens is 214 g/mol. The van der Waals surface area contributed by atoms with Crippen LogP contribution in [0.15, 0.2) is 18.2 Å². The molecule has 1 rings (SSSR count). The van der Waals surface area contributed by atoms with Crippen LogP contribution >= 0.6 is 0 Å². The van der Waals surface area contributed by atoms with E-state index in [1.165, 1.54) is 6.92 Å². The van der Waals surface area contributed by atoms with Crippen LogP contribution in [0.1, 0.15) is 24.2 Å². The van der Waals surface area contributed by atoms with E-state index in [4.69, 9.17) is 11.2 Å². The molecule has 0 radical (unpaired) electrons. The fourth-order valence-electron chi connectivity index (χ4n) is 1.78. The van der Waals surface area contributed by atoms with Gasteiger partial charge in [-0.2, -0.15) is 0 Å². The van der Waals surface area contributed by atoms with Crippen molar-refractivity contribution in [3.05, 3.63) is 23.8 Å². The van der Waals surface area contributed by atoms with Crippen LogP contribution in [-0.4, -0.2) is 26.0 Å². The molecular formula is C14H17NO2. The van der Waals surface area contributed by atoms with Crippen molar-refractivity contribution >= 4 is 11.5 Å². The lowest BCUT2D eigenvalue weighted by atomic mass is 10.1. The summed E-state index contributed by atoms with van der Waals surface area (Å²) in [5.41, 5.74) is 1.42. The molecule has 0 amide bonds. The first-order valence-electron chi connectivity index (χ1n) is 5.52. The topological polar surface area (TPSA) is 29.5 Å². The summed E-state index contributed by atoms with van der Waals surface area (Å²) in [4.78, 5) is 13.7. The highest BCUT2D eigenvalue weighted by Crippen LogP contribution is 2.29. The van der Waals surface area contributed by atoms with Gasteiger partial charge >= 0.3 is 0 Å². The van der Waals surface area contributed by atoms with Crippen LogP contribution in [0.2, 0.25) is 0 Å². The van der Waals surface area contributed by atoms with E-state index in [9.17, 15) is 4.79 Å². The molecule has 0 N–H and O–H groups in total. The van der Waals surface area contributed by atoms with Crippen molar-refractivity contribution < 1.29 is 9.53 Å². The number of hydrogen-bond acceptors (Lipinski definition) is 3.